The second-order valence-corrected chi connectivity index (χ2v) is 10.4. The summed E-state index contributed by atoms with van der Waals surface area (Å²) in [6, 6.07) is 19.9. The zero-order chi connectivity index (χ0) is 27.4. The number of carbonyl (C=O) groups is 2. The molecule has 3 aromatic rings. The van der Waals surface area contributed by atoms with Crippen LogP contribution in [0.5, 0.6) is 0 Å². The Balaban J connectivity index is 1.13. The molecule has 6 nitrogen and oxygen atoms in total. The number of likely N-dealkylation sites (tertiary alicyclic amines) is 1. The molecule has 0 bridgehead atoms. The zero-order valence-electron chi connectivity index (χ0n) is 21.4. The highest BCUT2D eigenvalue weighted by Gasteiger charge is 2.30. The molecule has 0 radical (unpaired) electrons. The molecule has 1 atom stereocenters. The molecule has 0 saturated carbocycles. The van der Waals surface area contributed by atoms with E-state index in [0.717, 1.165) is 30.8 Å². The first kappa shape index (κ1) is 27.2. The van der Waals surface area contributed by atoms with E-state index >= 15 is 0 Å². The highest BCUT2D eigenvalue weighted by Crippen LogP contribution is 2.31. The fraction of sp³-hybridized carbons (Fsp3) is 0.333. The van der Waals surface area contributed by atoms with Gasteiger partial charge in [0.05, 0.1) is 11.6 Å². The van der Waals surface area contributed by atoms with Gasteiger partial charge >= 0.3 is 0 Å². The fourth-order valence-corrected chi connectivity index (χ4v) is 5.36. The van der Waals surface area contributed by atoms with Gasteiger partial charge in [-0.25, -0.2) is 8.78 Å². The summed E-state index contributed by atoms with van der Waals surface area (Å²) in [5.41, 5.74) is 2.37. The number of hydrogen-bond donors (Lipinski definition) is 1. The van der Waals surface area contributed by atoms with Crippen molar-refractivity contribution in [1.82, 2.24) is 9.80 Å². The molecule has 0 spiro atoms. The van der Waals surface area contributed by atoms with E-state index in [1.807, 2.05) is 42.5 Å². The maximum absolute atomic E-state index is 14.3. The van der Waals surface area contributed by atoms with Crippen molar-refractivity contribution < 1.29 is 23.1 Å². The number of nitrogens with one attached hydrogen (secondary N) is 1. The van der Waals surface area contributed by atoms with E-state index in [1.54, 1.807) is 0 Å². The lowest BCUT2D eigenvalue weighted by Crippen LogP contribution is -2.47. The number of piperidine rings is 1. The Bertz CT molecular complexity index is 1320. The Hall–Kier alpha value is -3.33. The second kappa shape index (κ2) is 12.2. The van der Waals surface area contributed by atoms with Crippen LogP contribution < -0.4 is 5.32 Å². The Morgan fingerprint density at radius 1 is 0.949 bits per heavy atom. The van der Waals surface area contributed by atoms with Gasteiger partial charge in [-0.3, -0.25) is 14.5 Å². The summed E-state index contributed by atoms with van der Waals surface area (Å²) in [7, 11) is 0. The molecule has 204 valence electrons. The lowest BCUT2D eigenvalue weighted by atomic mass is 9.89. The number of rotatable bonds is 6. The van der Waals surface area contributed by atoms with Crippen LogP contribution >= 0.6 is 11.6 Å². The highest BCUT2D eigenvalue weighted by atomic mass is 35.5. The van der Waals surface area contributed by atoms with Crippen LogP contribution in [-0.4, -0.2) is 60.5 Å². The summed E-state index contributed by atoms with van der Waals surface area (Å²) in [5.74, 6) is -2.60. The van der Waals surface area contributed by atoms with Gasteiger partial charge in [0, 0.05) is 38.4 Å². The van der Waals surface area contributed by atoms with E-state index in [1.165, 1.54) is 10.5 Å². The molecule has 3 aromatic carbocycles. The third-order valence-corrected chi connectivity index (χ3v) is 7.67. The molecule has 2 fully saturated rings. The molecule has 1 unspecified atom stereocenters. The van der Waals surface area contributed by atoms with Crippen LogP contribution in [0.25, 0.3) is 0 Å². The maximum Gasteiger partial charge on any atom is 0.259 e. The first-order valence-corrected chi connectivity index (χ1v) is 13.5. The van der Waals surface area contributed by atoms with Crippen molar-refractivity contribution in [2.24, 2.45) is 0 Å². The number of hydrogen-bond acceptors (Lipinski definition) is 4. The van der Waals surface area contributed by atoms with Gasteiger partial charge in [0.1, 0.15) is 17.5 Å². The van der Waals surface area contributed by atoms with Gasteiger partial charge in [-0.1, -0.05) is 54.1 Å². The van der Waals surface area contributed by atoms with Gasteiger partial charge in [-0.2, -0.15) is 0 Å². The molecule has 0 aromatic heterocycles. The summed E-state index contributed by atoms with van der Waals surface area (Å²) in [6.07, 6.45) is 0.779. The average Bonchev–Trinajstić information content (AvgIpc) is 2.96. The predicted octanol–water partition coefficient (Wildman–Crippen LogP) is 5.48. The van der Waals surface area contributed by atoms with Crippen LogP contribution in [0.1, 0.15) is 40.2 Å². The van der Waals surface area contributed by atoms with Crippen LogP contribution in [0.3, 0.4) is 0 Å². The Morgan fingerprint density at radius 2 is 1.67 bits per heavy atom. The van der Waals surface area contributed by atoms with Gasteiger partial charge in [0.25, 0.3) is 11.8 Å². The van der Waals surface area contributed by atoms with Crippen molar-refractivity contribution in [3.8, 4) is 0 Å². The van der Waals surface area contributed by atoms with E-state index in [0.29, 0.717) is 44.8 Å². The van der Waals surface area contributed by atoms with Crippen molar-refractivity contribution >= 4 is 29.1 Å². The number of morpholine rings is 1. The van der Waals surface area contributed by atoms with E-state index in [-0.39, 0.29) is 16.8 Å². The molecule has 5 rings (SSSR count). The van der Waals surface area contributed by atoms with Gasteiger partial charge in [-0.05, 0) is 54.2 Å². The summed E-state index contributed by atoms with van der Waals surface area (Å²) >= 11 is 5.75. The van der Waals surface area contributed by atoms with Crippen molar-refractivity contribution in [2.45, 2.75) is 31.4 Å². The van der Waals surface area contributed by atoms with Crippen LogP contribution in [0.2, 0.25) is 5.02 Å². The van der Waals surface area contributed by atoms with Crippen molar-refractivity contribution in [3.05, 3.63) is 100 Å². The highest BCUT2D eigenvalue weighted by molar-refractivity contribution is 6.31. The number of anilines is 1. The monoisotopic (exact) mass is 553 g/mol. The van der Waals surface area contributed by atoms with Crippen LogP contribution in [0.15, 0.2) is 66.7 Å². The first-order chi connectivity index (χ1) is 18.9. The van der Waals surface area contributed by atoms with Gasteiger partial charge in [0.2, 0.25) is 0 Å². The van der Waals surface area contributed by atoms with Crippen molar-refractivity contribution in [2.75, 3.05) is 38.1 Å². The number of carbonyl (C=O) groups excluding carboxylic acids is 2. The number of ether oxygens (including phenoxy) is 1. The fourth-order valence-electron chi connectivity index (χ4n) is 5.20. The minimum Gasteiger partial charge on any atom is -0.366 e. The molecule has 39 heavy (non-hydrogen) atoms. The Morgan fingerprint density at radius 3 is 2.38 bits per heavy atom. The molecule has 2 aliphatic heterocycles. The Labute approximate surface area is 231 Å². The van der Waals surface area contributed by atoms with Gasteiger partial charge < -0.3 is 15.0 Å². The minimum atomic E-state index is -1.02. The number of halogens is 3. The van der Waals surface area contributed by atoms with E-state index in [4.69, 9.17) is 16.3 Å². The second-order valence-electron chi connectivity index (χ2n) is 9.98. The van der Waals surface area contributed by atoms with E-state index in [9.17, 15) is 18.4 Å². The molecule has 0 aliphatic carbocycles. The lowest BCUT2D eigenvalue weighted by Gasteiger charge is -2.33. The first-order valence-electron chi connectivity index (χ1n) is 13.1. The zero-order valence-corrected chi connectivity index (χ0v) is 22.2. The van der Waals surface area contributed by atoms with Crippen molar-refractivity contribution in [3.63, 3.8) is 0 Å². The van der Waals surface area contributed by atoms with E-state index in [2.05, 4.69) is 22.3 Å². The van der Waals surface area contributed by atoms with Gasteiger partial charge in [0.15, 0.2) is 5.82 Å². The number of nitrogens with zero attached hydrogens (tertiary/aromatic N) is 2. The molecule has 1 N–H and O–H groups in total. The summed E-state index contributed by atoms with van der Waals surface area (Å²) in [6.45, 7) is 3.34. The summed E-state index contributed by atoms with van der Waals surface area (Å²) in [5, 5.41) is 2.68. The predicted molar refractivity (Wildman–Crippen MR) is 146 cm³/mol. The molecule has 2 aliphatic rings. The normalized spacial score (nSPS) is 18.6. The van der Waals surface area contributed by atoms with E-state index < -0.39 is 29.2 Å². The van der Waals surface area contributed by atoms with Crippen LogP contribution in [0, 0.1) is 11.6 Å². The minimum absolute atomic E-state index is 0.173. The molecular formula is C30H30ClF2N3O3. The molecule has 9 heteroatoms. The smallest absolute Gasteiger partial charge is 0.259 e. The third-order valence-electron chi connectivity index (χ3n) is 7.38. The molecule has 2 heterocycles. The average molecular weight is 554 g/mol. The maximum atomic E-state index is 14.3. The molecule has 2 amide bonds. The number of amides is 2. The molecule has 2 saturated heterocycles. The topological polar surface area (TPSA) is 61.9 Å². The quantitative estimate of drug-likeness (QED) is 0.411. The van der Waals surface area contributed by atoms with Gasteiger partial charge in [-0.15, -0.1) is 0 Å². The SMILES string of the molecule is O=C(Nc1ccc(C2CCN(C(=O)c3c(F)ccc(Cl)c3F)CC2)cc1)C1CN(Cc2ccccc2)CCO1. The summed E-state index contributed by atoms with van der Waals surface area (Å²) in [4.78, 5) is 29.3. The Kier molecular flexibility index (Phi) is 8.55. The van der Waals surface area contributed by atoms with Crippen LogP contribution in [0.4, 0.5) is 14.5 Å². The number of benzene rings is 3. The molecular weight excluding hydrogens is 524 g/mol. The lowest BCUT2D eigenvalue weighted by molar-refractivity contribution is -0.133. The van der Waals surface area contributed by atoms with Crippen LogP contribution in [-0.2, 0) is 16.1 Å². The largest absolute Gasteiger partial charge is 0.366 e. The summed E-state index contributed by atoms with van der Waals surface area (Å²) < 4.78 is 34.2. The third kappa shape index (κ3) is 6.46. The standard InChI is InChI=1S/C30H30ClF2N3O3/c31-24-10-11-25(32)27(28(24)33)30(38)36-14-12-22(13-15-36)21-6-8-23(9-7-21)34-29(37)26-19-35(16-17-39-26)18-20-4-2-1-3-5-20/h1-11,22,26H,12-19H2,(H,34,37). The van der Waals surface area contributed by atoms with Crippen molar-refractivity contribution in [1.29, 1.82) is 0 Å².